The molecule has 0 spiro atoms. The summed E-state index contributed by atoms with van der Waals surface area (Å²) in [6.07, 6.45) is -3.26. The van der Waals surface area contributed by atoms with E-state index >= 15 is 0 Å². The molecule has 2 aromatic carbocycles. The Morgan fingerprint density at radius 3 is 2.41 bits per heavy atom. The lowest BCUT2D eigenvalue weighted by Crippen LogP contribution is -2.17. The van der Waals surface area contributed by atoms with Gasteiger partial charge in [-0.25, -0.2) is 14.4 Å². The molecule has 0 aliphatic carbocycles. The van der Waals surface area contributed by atoms with Crippen LogP contribution in [0.25, 0.3) is 21.6 Å². The van der Waals surface area contributed by atoms with Gasteiger partial charge in [0.05, 0.1) is 5.39 Å². The van der Waals surface area contributed by atoms with Crippen LogP contribution in [0.3, 0.4) is 0 Å². The number of alkyl halides is 3. The number of nitrogens with one attached hydrogen (secondary N) is 1. The molecule has 0 saturated heterocycles. The number of nitrogens with zero attached hydrogens (tertiary/aromatic N) is 2. The van der Waals surface area contributed by atoms with Gasteiger partial charge in [0.2, 0.25) is 0 Å². The molecular weight excluding hydrogens is 442 g/mol. The van der Waals surface area contributed by atoms with E-state index < -0.39 is 6.36 Å². The number of anilines is 1. The Bertz CT molecular complexity index is 1210. The second-order valence-corrected chi connectivity index (χ2v) is 8.44. The molecule has 0 aliphatic rings. The monoisotopic (exact) mass is 461 g/mol. The van der Waals surface area contributed by atoms with Gasteiger partial charge in [0, 0.05) is 17.0 Å². The molecule has 2 aromatic heterocycles. The van der Waals surface area contributed by atoms with E-state index in [-0.39, 0.29) is 11.6 Å². The van der Waals surface area contributed by atoms with Gasteiger partial charge in [-0.1, -0.05) is 12.1 Å². The normalized spacial score (nSPS) is 11.7. The van der Waals surface area contributed by atoms with E-state index in [1.54, 1.807) is 35.6 Å². The summed E-state index contributed by atoms with van der Waals surface area (Å²) in [5.74, 6) is 0.664. The summed E-state index contributed by atoms with van der Waals surface area (Å²) in [6, 6.07) is 13.9. The van der Waals surface area contributed by atoms with Crippen LogP contribution < -0.4 is 10.1 Å². The van der Waals surface area contributed by atoms with Gasteiger partial charge < -0.3 is 10.1 Å². The molecule has 0 saturated carbocycles. The van der Waals surface area contributed by atoms with Crippen molar-refractivity contribution in [1.82, 2.24) is 9.97 Å². The lowest BCUT2D eigenvalue weighted by atomic mass is 10.1. The summed E-state index contributed by atoms with van der Waals surface area (Å²) in [5.41, 5.74) is 1.64. The van der Waals surface area contributed by atoms with Gasteiger partial charge >= 0.3 is 6.36 Å². The molecule has 9 heteroatoms. The first-order chi connectivity index (χ1) is 15.3. The lowest BCUT2D eigenvalue weighted by molar-refractivity contribution is -0.274. The molecule has 0 unspecified atom stereocenters. The standard InChI is InChI=1S/C23H19F4N3OS/c1-14-13-19-21(29-20(30-22(19)32-14)16-6-8-17(24)9-7-16)28-12-2-3-15-4-10-18(11-5-15)31-23(25,26)27/h4-11,13H,2-3,12H2,1H3,(H,28,29,30). The Kier molecular flexibility index (Phi) is 6.27. The van der Waals surface area contributed by atoms with Crippen LogP contribution in [-0.2, 0) is 6.42 Å². The van der Waals surface area contributed by atoms with Crippen molar-refractivity contribution in [1.29, 1.82) is 0 Å². The highest BCUT2D eigenvalue weighted by Crippen LogP contribution is 2.31. The Morgan fingerprint density at radius 2 is 1.72 bits per heavy atom. The second kappa shape index (κ2) is 9.12. The molecule has 0 atom stereocenters. The molecule has 0 bridgehead atoms. The first kappa shape index (κ1) is 22.0. The minimum atomic E-state index is -4.69. The summed E-state index contributed by atoms with van der Waals surface area (Å²) < 4.78 is 53.9. The van der Waals surface area contributed by atoms with E-state index in [1.807, 2.05) is 13.0 Å². The molecule has 0 radical (unpaired) electrons. The molecule has 4 nitrogen and oxygen atoms in total. The molecule has 166 valence electrons. The average Bonchev–Trinajstić information content (AvgIpc) is 3.12. The van der Waals surface area contributed by atoms with Crippen molar-refractivity contribution in [3.8, 4) is 17.1 Å². The van der Waals surface area contributed by atoms with Crippen LogP contribution in [-0.4, -0.2) is 22.9 Å². The fourth-order valence-electron chi connectivity index (χ4n) is 3.26. The summed E-state index contributed by atoms with van der Waals surface area (Å²) >= 11 is 1.56. The smallest absolute Gasteiger partial charge is 0.406 e. The summed E-state index contributed by atoms with van der Waals surface area (Å²) in [5, 5.41) is 4.27. The minimum absolute atomic E-state index is 0.232. The van der Waals surface area contributed by atoms with E-state index in [1.165, 1.54) is 24.3 Å². The summed E-state index contributed by atoms with van der Waals surface area (Å²) in [7, 11) is 0. The van der Waals surface area contributed by atoms with Crippen LogP contribution in [0.4, 0.5) is 23.4 Å². The van der Waals surface area contributed by atoms with Gasteiger partial charge in [-0.15, -0.1) is 24.5 Å². The quantitative estimate of drug-likeness (QED) is 0.244. The maximum atomic E-state index is 13.3. The van der Waals surface area contributed by atoms with Crippen LogP contribution >= 0.6 is 11.3 Å². The molecule has 0 fully saturated rings. The third-order valence-electron chi connectivity index (χ3n) is 4.71. The highest BCUT2D eigenvalue weighted by atomic mass is 32.1. The lowest BCUT2D eigenvalue weighted by Gasteiger charge is -2.10. The Balaban J connectivity index is 1.43. The second-order valence-electron chi connectivity index (χ2n) is 7.20. The Hall–Kier alpha value is -3.20. The van der Waals surface area contributed by atoms with Crippen molar-refractivity contribution in [2.24, 2.45) is 0 Å². The van der Waals surface area contributed by atoms with Gasteiger partial charge in [-0.05, 0) is 67.8 Å². The van der Waals surface area contributed by atoms with Crippen molar-refractivity contribution < 1.29 is 22.3 Å². The Morgan fingerprint density at radius 1 is 1.00 bits per heavy atom. The third-order valence-corrected chi connectivity index (χ3v) is 5.65. The van der Waals surface area contributed by atoms with Crippen LogP contribution in [0.2, 0.25) is 0 Å². The first-order valence-electron chi connectivity index (χ1n) is 9.89. The molecule has 4 rings (SSSR count). The average molecular weight is 461 g/mol. The fourth-order valence-corrected chi connectivity index (χ4v) is 4.14. The zero-order valence-corrected chi connectivity index (χ0v) is 17.9. The number of halogens is 4. The van der Waals surface area contributed by atoms with Crippen molar-refractivity contribution in [2.75, 3.05) is 11.9 Å². The number of aromatic nitrogens is 2. The SMILES string of the molecule is Cc1cc2c(NCCCc3ccc(OC(F)(F)F)cc3)nc(-c3ccc(F)cc3)nc2s1. The topological polar surface area (TPSA) is 47.0 Å². The number of benzene rings is 2. The predicted molar refractivity (Wildman–Crippen MR) is 117 cm³/mol. The molecule has 0 amide bonds. The van der Waals surface area contributed by atoms with E-state index in [0.717, 1.165) is 32.6 Å². The van der Waals surface area contributed by atoms with Gasteiger partial charge in [0.15, 0.2) is 5.82 Å². The molecule has 1 N–H and O–H groups in total. The van der Waals surface area contributed by atoms with Gasteiger partial charge in [0.1, 0.15) is 22.2 Å². The van der Waals surface area contributed by atoms with Crippen molar-refractivity contribution in [2.45, 2.75) is 26.1 Å². The first-order valence-corrected chi connectivity index (χ1v) is 10.7. The minimum Gasteiger partial charge on any atom is -0.406 e. The predicted octanol–water partition coefficient (Wildman–Crippen LogP) is 6.75. The Labute approximate surface area is 185 Å². The highest BCUT2D eigenvalue weighted by molar-refractivity contribution is 7.18. The van der Waals surface area contributed by atoms with Gasteiger partial charge in [-0.3, -0.25) is 0 Å². The van der Waals surface area contributed by atoms with Crippen LogP contribution in [0.15, 0.2) is 54.6 Å². The zero-order valence-electron chi connectivity index (χ0n) is 17.0. The number of ether oxygens (including phenoxy) is 1. The van der Waals surface area contributed by atoms with E-state index in [0.29, 0.717) is 24.6 Å². The largest absolute Gasteiger partial charge is 0.573 e. The van der Waals surface area contributed by atoms with Gasteiger partial charge in [-0.2, -0.15) is 0 Å². The van der Waals surface area contributed by atoms with E-state index in [9.17, 15) is 17.6 Å². The van der Waals surface area contributed by atoms with E-state index in [2.05, 4.69) is 20.0 Å². The number of rotatable bonds is 7. The van der Waals surface area contributed by atoms with Crippen molar-refractivity contribution in [3.63, 3.8) is 0 Å². The number of hydrogen-bond donors (Lipinski definition) is 1. The molecule has 32 heavy (non-hydrogen) atoms. The number of thiophene rings is 1. The van der Waals surface area contributed by atoms with E-state index in [4.69, 9.17) is 0 Å². The third kappa shape index (κ3) is 5.53. The number of fused-ring (bicyclic) bond motifs is 1. The van der Waals surface area contributed by atoms with Gasteiger partial charge in [0.25, 0.3) is 0 Å². The van der Waals surface area contributed by atoms with Crippen molar-refractivity contribution >= 4 is 27.4 Å². The molecular formula is C23H19F4N3OS. The molecule has 2 heterocycles. The molecule has 4 aromatic rings. The van der Waals surface area contributed by atoms with Crippen LogP contribution in [0, 0.1) is 12.7 Å². The summed E-state index contributed by atoms with van der Waals surface area (Å²) in [6.45, 7) is 2.62. The summed E-state index contributed by atoms with van der Waals surface area (Å²) in [4.78, 5) is 11.2. The fraction of sp³-hybridized carbons (Fsp3) is 0.217. The van der Waals surface area contributed by atoms with Crippen LogP contribution in [0.5, 0.6) is 5.75 Å². The maximum Gasteiger partial charge on any atom is 0.573 e. The number of hydrogen-bond acceptors (Lipinski definition) is 5. The highest BCUT2D eigenvalue weighted by Gasteiger charge is 2.30. The van der Waals surface area contributed by atoms with Crippen LogP contribution in [0.1, 0.15) is 16.9 Å². The molecule has 0 aliphatic heterocycles. The maximum absolute atomic E-state index is 13.3. The zero-order chi connectivity index (χ0) is 22.7. The number of aryl methyl sites for hydroxylation is 2. The van der Waals surface area contributed by atoms with Crippen molar-refractivity contribution in [3.05, 3.63) is 70.9 Å².